The van der Waals surface area contributed by atoms with Crippen LogP contribution in [0.4, 0.5) is 11.4 Å². The fourth-order valence-corrected chi connectivity index (χ4v) is 3.10. The summed E-state index contributed by atoms with van der Waals surface area (Å²) in [6, 6.07) is 5.37. The highest BCUT2D eigenvalue weighted by Gasteiger charge is 2.36. The van der Waals surface area contributed by atoms with E-state index in [0.29, 0.717) is 11.8 Å². The van der Waals surface area contributed by atoms with E-state index in [1.54, 1.807) is 12.1 Å². The highest BCUT2D eigenvalue weighted by atomic mass is 16.6. The fraction of sp³-hybridized carbons (Fsp3) is 0.538. The van der Waals surface area contributed by atoms with E-state index in [4.69, 9.17) is 0 Å². The third kappa shape index (κ3) is 1.95. The standard InChI is InChI=1S/C13H17N3O2/c1-9-2-12(4-13(3-9)16(17)18)15-7-10-5-14-6-11(10)8-15/h2-4,10-11,14H,5-8H2,1H3/t10-,11+. The van der Waals surface area contributed by atoms with Gasteiger partial charge in [0.15, 0.2) is 0 Å². The van der Waals surface area contributed by atoms with Crippen LogP contribution in [0.1, 0.15) is 5.56 Å². The van der Waals surface area contributed by atoms with Gasteiger partial charge < -0.3 is 10.2 Å². The molecule has 1 N–H and O–H groups in total. The van der Waals surface area contributed by atoms with E-state index < -0.39 is 0 Å². The molecule has 0 spiro atoms. The van der Waals surface area contributed by atoms with Crippen molar-refractivity contribution in [3.05, 3.63) is 33.9 Å². The predicted octanol–water partition coefficient (Wildman–Crippen LogP) is 1.56. The summed E-state index contributed by atoms with van der Waals surface area (Å²) < 4.78 is 0. The second-order valence-corrected chi connectivity index (χ2v) is 5.37. The van der Waals surface area contributed by atoms with Gasteiger partial charge in [-0.25, -0.2) is 0 Å². The number of benzene rings is 1. The minimum atomic E-state index is -0.311. The van der Waals surface area contributed by atoms with Crippen LogP contribution in [-0.4, -0.2) is 31.1 Å². The van der Waals surface area contributed by atoms with Crippen molar-refractivity contribution in [1.82, 2.24) is 5.32 Å². The molecule has 3 rings (SSSR count). The minimum Gasteiger partial charge on any atom is -0.371 e. The van der Waals surface area contributed by atoms with Gasteiger partial charge in [-0.3, -0.25) is 10.1 Å². The molecular formula is C13H17N3O2. The number of nitro benzene ring substituents is 1. The molecule has 2 heterocycles. The largest absolute Gasteiger partial charge is 0.371 e. The molecule has 5 heteroatoms. The molecule has 0 bridgehead atoms. The third-order valence-electron chi connectivity index (χ3n) is 4.01. The van der Waals surface area contributed by atoms with Crippen molar-refractivity contribution in [2.75, 3.05) is 31.1 Å². The zero-order chi connectivity index (χ0) is 12.7. The molecule has 5 nitrogen and oxygen atoms in total. The predicted molar refractivity (Wildman–Crippen MR) is 69.9 cm³/mol. The van der Waals surface area contributed by atoms with E-state index in [0.717, 1.165) is 37.4 Å². The van der Waals surface area contributed by atoms with Gasteiger partial charge in [-0.1, -0.05) is 0 Å². The van der Waals surface area contributed by atoms with E-state index >= 15 is 0 Å². The Balaban J connectivity index is 1.86. The zero-order valence-corrected chi connectivity index (χ0v) is 10.4. The van der Waals surface area contributed by atoms with Crippen molar-refractivity contribution < 1.29 is 4.92 Å². The number of non-ortho nitro benzene ring substituents is 1. The molecule has 0 unspecified atom stereocenters. The van der Waals surface area contributed by atoms with Crippen molar-refractivity contribution in [3.8, 4) is 0 Å². The van der Waals surface area contributed by atoms with E-state index in [9.17, 15) is 10.1 Å². The molecule has 18 heavy (non-hydrogen) atoms. The van der Waals surface area contributed by atoms with Gasteiger partial charge in [0.1, 0.15) is 0 Å². The molecule has 0 aromatic heterocycles. The maximum absolute atomic E-state index is 10.9. The maximum Gasteiger partial charge on any atom is 0.271 e. The molecule has 96 valence electrons. The SMILES string of the molecule is Cc1cc(N2C[C@H]3CNC[C@H]3C2)cc([N+](=O)[O-])c1. The Kier molecular flexibility index (Phi) is 2.70. The number of hydrogen-bond acceptors (Lipinski definition) is 4. The Hall–Kier alpha value is -1.62. The molecule has 2 atom stereocenters. The first kappa shape index (κ1) is 11.5. The summed E-state index contributed by atoms with van der Waals surface area (Å²) in [5.74, 6) is 1.40. The van der Waals surface area contributed by atoms with Crippen LogP contribution in [-0.2, 0) is 0 Å². The minimum absolute atomic E-state index is 0.195. The fourth-order valence-electron chi connectivity index (χ4n) is 3.10. The van der Waals surface area contributed by atoms with Crippen LogP contribution < -0.4 is 10.2 Å². The first-order valence-electron chi connectivity index (χ1n) is 6.35. The van der Waals surface area contributed by atoms with Crippen LogP contribution in [0, 0.1) is 28.9 Å². The highest BCUT2D eigenvalue weighted by molar-refractivity contribution is 5.56. The lowest BCUT2D eigenvalue weighted by atomic mass is 10.0. The van der Waals surface area contributed by atoms with E-state index in [2.05, 4.69) is 10.2 Å². The molecule has 0 aliphatic carbocycles. The molecule has 0 radical (unpaired) electrons. The molecule has 2 aliphatic heterocycles. The van der Waals surface area contributed by atoms with Crippen LogP contribution >= 0.6 is 0 Å². The van der Waals surface area contributed by atoms with Gasteiger partial charge in [0, 0.05) is 44.0 Å². The van der Waals surface area contributed by atoms with Crippen LogP contribution in [0.2, 0.25) is 0 Å². The number of rotatable bonds is 2. The second kappa shape index (κ2) is 4.24. The third-order valence-corrected chi connectivity index (χ3v) is 4.01. The summed E-state index contributed by atoms with van der Waals surface area (Å²) in [5.41, 5.74) is 2.14. The van der Waals surface area contributed by atoms with Crippen molar-refractivity contribution in [2.45, 2.75) is 6.92 Å². The van der Waals surface area contributed by atoms with Gasteiger partial charge in [-0.2, -0.15) is 0 Å². The van der Waals surface area contributed by atoms with Crippen molar-refractivity contribution in [2.24, 2.45) is 11.8 Å². The lowest BCUT2D eigenvalue weighted by Crippen LogP contribution is -2.25. The molecular weight excluding hydrogens is 230 g/mol. The number of fused-ring (bicyclic) bond motifs is 1. The second-order valence-electron chi connectivity index (χ2n) is 5.37. The molecule has 2 saturated heterocycles. The summed E-state index contributed by atoms with van der Waals surface area (Å²) in [4.78, 5) is 12.9. The van der Waals surface area contributed by atoms with Crippen LogP contribution in [0.5, 0.6) is 0 Å². The Bertz CT molecular complexity index is 477. The summed E-state index contributed by atoms with van der Waals surface area (Å²) in [7, 11) is 0. The van der Waals surface area contributed by atoms with Crippen molar-refractivity contribution in [3.63, 3.8) is 0 Å². The Morgan fingerprint density at radius 3 is 2.56 bits per heavy atom. The number of hydrogen-bond donors (Lipinski definition) is 1. The first-order valence-corrected chi connectivity index (χ1v) is 6.35. The van der Waals surface area contributed by atoms with Gasteiger partial charge in [0.25, 0.3) is 5.69 Å². The monoisotopic (exact) mass is 247 g/mol. The summed E-state index contributed by atoms with van der Waals surface area (Å²) in [5, 5.41) is 14.3. The Morgan fingerprint density at radius 2 is 1.94 bits per heavy atom. The number of nitrogens with one attached hydrogen (secondary N) is 1. The zero-order valence-electron chi connectivity index (χ0n) is 10.4. The highest BCUT2D eigenvalue weighted by Crippen LogP contribution is 2.32. The van der Waals surface area contributed by atoms with Crippen LogP contribution in [0.15, 0.2) is 18.2 Å². The topological polar surface area (TPSA) is 58.4 Å². The molecule has 2 aliphatic rings. The molecule has 0 amide bonds. The van der Waals surface area contributed by atoms with Crippen molar-refractivity contribution >= 4 is 11.4 Å². The van der Waals surface area contributed by atoms with E-state index in [-0.39, 0.29) is 10.6 Å². The molecule has 2 fully saturated rings. The molecule has 1 aromatic rings. The summed E-state index contributed by atoms with van der Waals surface area (Å²) in [6.07, 6.45) is 0. The summed E-state index contributed by atoms with van der Waals surface area (Å²) >= 11 is 0. The van der Waals surface area contributed by atoms with Gasteiger partial charge in [0.2, 0.25) is 0 Å². The van der Waals surface area contributed by atoms with Gasteiger partial charge in [0.05, 0.1) is 4.92 Å². The van der Waals surface area contributed by atoms with Gasteiger partial charge >= 0.3 is 0 Å². The van der Waals surface area contributed by atoms with Gasteiger partial charge in [-0.15, -0.1) is 0 Å². The Labute approximate surface area is 106 Å². The molecule has 0 saturated carbocycles. The van der Waals surface area contributed by atoms with E-state index in [1.807, 2.05) is 13.0 Å². The van der Waals surface area contributed by atoms with Gasteiger partial charge in [-0.05, 0) is 30.4 Å². The average Bonchev–Trinajstić information content (AvgIpc) is 2.87. The number of anilines is 1. The maximum atomic E-state index is 10.9. The average molecular weight is 247 g/mol. The van der Waals surface area contributed by atoms with E-state index in [1.165, 1.54) is 0 Å². The first-order chi connectivity index (χ1) is 8.63. The lowest BCUT2D eigenvalue weighted by Gasteiger charge is -2.20. The van der Waals surface area contributed by atoms with Crippen LogP contribution in [0.25, 0.3) is 0 Å². The van der Waals surface area contributed by atoms with Crippen LogP contribution in [0.3, 0.4) is 0 Å². The smallest absolute Gasteiger partial charge is 0.271 e. The number of nitrogens with zero attached hydrogens (tertiary/aromatic N) is 2. The van der Waals surface area contributed by atoms with Crippen molar-refractivity contribution in [1.29, 1.82) is 0 Å². The lowest BCUT2D eigenvalue weighted by molar-refractivity contribution is -0.384. The normalized spacial score (nSPS) is 26.4. The number of nitro groups is 1. The number of aryl methyl sites for hydroxylation is 1. The Morgan fingerprint density at radius 1 is 1.28 bits per heavy atom. The molecule has 1 aromatic carbocycles. The quantitative estimate of drug-likeness (QED) is 0.636. The summed E-state index contributed by atoms with van der Waals surface area (Å²) in [6.45, 7) is 6.09.